The van der Waals surface area contributed by atoms with Gasteiger partial charge in [0.15, 0.2) is 5.13 Å². The average molecular weight is 317 g/mol. The molecule has 22 heavy (non-hydrogen) atoms. The van der Waals surface area contributed by atoms with Crippen LogP contribution in [0.1, 0.15) is 45.1 Å². The van der Waals surface area contributed by atoms with Gasteiger partial charge in [0.05, 0.1) is 10.2 Å². The lowest BCUT2D eigenvalue weighted by Gasteiger charge is -2.32. The fraction of sp³-hybridized carbons (Fsp3) is 0.529. The number of rotatable bonds is 3. The lowest BCUT2D eigenvalue weighted by molar-refractivity contribution is -0.119. The number of amides is 1. The van der Waals surface area contributed by atoms with Crippen molar-refractivity contribution in [1.29, 1.82) is 0 Å². The summed E-state index contributed by atoms with van der Waals surface area (Å²) < 4.78 is 1.25. The molecular weight excluding hydrogens is 294 g/mol. The third-order valence-electron chi connectivity index (χ3n) is 4.16. The van der Waals surface area contributed by atoms with Crippen molar-refractivity contribution in [3.63, 3.8) is 0 Å². The molecule has 0 spiro atoms. The summed E-state index contributed by atoms with van der Waals surface area (Å²) in [6.45, 7) is 7.89. The maximum absolute atomic E-state index is 11.3. The van der Waals surface area contributed by atoms with E-state index in [4.69, 9.17) is 4.98 Å². The predicted octanol–water partition coefficient (Wildman–Crippen LogP) is 3.52. The molecule has 1 atom stereocenters. The predicted molar refractivity (Wildman–Crippen MR) is 92.8 cm³/mol. The fourth-order valence-corrected chi connectivity index (χ4v) is 4.15. The molecule has 1 N–H and O–H groups in total. The van der Waals surface area contributed by atoms with Gasteiger partial charge in [-0.1, -0.05) is 37.3 Å². The molecule has 1 aromatic heterocycles. The van der Waals surface area contributed by atoms with E-state index in [2.05, 4.69) is 42.3 Å². The van der Waals surface area contributed by atoms with E-state index in [-0.39, 0.29) is 11.9 Å². The smallest absolute Gasteiger partial charge is 0.217 e. The first kappa shape index (κ1) is 15.3. The van der Waals surface area contributed by atoms with E-state index in [1.54, 1.807) is 18.3 Å². The molecule has 1 saturated heterocycles. The van der Waals surface area contributed by atoms with Crippen LogP contribution in [0.2, 0.25) is 0 Å². The zero-order valence-electron chi connectivity index (χ0n) is 13.4. The Hall–Kier alpha value is -1.62. The quantitative estimate of drug-likeness (QED) is 0.942. The van der Waals surface area contributed by atoms with Gasteiger partial charge in [0.1, 0.15) is 0 Å². The summed E-state index contributed by atoms with van der Waals surface area (Å²) in [6, 6.07) is 6.68. The van der Waals surface area contributed by atoms with Crippen molar-refractivity contribution >= 4 is 32.6 Å². The highest BCUT2D eigenvalue weighted by Gasteiger charge is 2.23. The van der Waals surface area contributed by atoms with E-state index < -0.39 is 0 Å². The summed E-state index contributed by atoms with van der Waals surface area (Å²) in [5, 5.41) is 4.12. The van der Waals surface area contributed by atoms with Crippen molar-refractivity contribution in [3.8, 4) is 0 Å². The van der Waals surface area contributed by atoms with Crippen LogP contribution in [0, 0.1) is 0 Å². The van der Waals surface area contributed by atoms with Gasteiger partial charge in [0, 0.05) is 26.1 Å². The minimum atomic E-state index is 0.0539. The molecule has 0 aliphatic carbocycles. The Bertz CT molecular complexity index is 680. The van der Waals surface area contributed by atoms with Crippen LogP contribution in [0.3, 0.4) is 0 Å². The molecule has 0 radical (unpaired) electrons. The zero-order valence-corrected chi connectivity index (χ0v) is 14.2. The van der Waals surface area contributed by atoms with Crippen molar-refractivity contribution in [2.75, 3.05) is 18.0 Å². The van der Waals surface area contributed by atoms with Crippen molar-refractivity contribution < 1.29 is 4.79 Å². The van der Waals surface area contributed by atoms with Crippen LogP contribution < -0.4 is 10.2 Å². The number of nitrogens with one attached hydrogen (secondary N) is 1. The lowest BCUT2D eigenvalue weighted by atomic mass is 10.0. The van der Waals surface area contributed by atoms with Crippen LogP contribution in [-0.2, 0) is 4.79 Å². The zero-order chi connectivity index (χ0) is 15.7. The van der Waals surface area contributed by atoms with Crippen LogP contribution in [0.25, 0.3) is 10.2 Å². The second-order valence-electron chi connectivity index (χ2n) is 6.33. The summed E-state index contributed by atoms with van der Waals surface area (Å²) in [7, 11) is 0. The molecule has 1 fully saturated rings. The highest BCUT2D eigenvalue weighted by molar-refractivity contribution is 7.22. The molecule has 3 rings (SSSR count). The number of aromatic nitrogens is 1. The molecule has 2 aromatic rings. The summed E-state index contributed by atoms with van der Waals surface area (Å²) in [5.74, 6) is 0.533. The number of fused-ring (bicyclic) bond motifs is 1. The minimum absolute atomic E-state index is 0.0539. The number of hydrogen-bond acceptors (Lipinski definition) is 4. The van der Waals surface area contributed by atoms with Gasteiger partial charge in [-0.25, -0.2) is 4.98 Å². The Morgan fingerprint density at radius 2 is 2.27 bits per heavy atom. The molecule has 1 aromatic carbocycles. The number of nitrogens with zero attached hydrogens (tertiary/aromatic N) is 2. The van der Waals surface area contributed by atoms with E-state index >= 15 is 0 Å². The number of hydrogen-bond donors (Lipinski definition) is 1. The number of anilines is 1. The van der Waals surface area contributed by atoms with Crippen LogP contribution in [0.4, 0.5) is 5.13 Å². The average Bonchev–Trinajstić information content (AvgIpc) is 2.90. The molecule has 1 unspecified atom stereocenters. The van der Waals surface area contributed by atoms with Crippen molar-refractivity contribution in [3.05, 3.63) is 23.8 Å². The molecule has 4 nitrogen and oxygen atoms in total. The van der Waals surface area contributed by atoms with Gasteiger partial charge in [-0.2, -0.15) is 0 Å². The van der Waals surface area contributed by atoms with Crippen LogP contribution >= 0.6 is 11.3 Å². The number of thiazole rings is 1. The van der Waals surface area contributed by atoms with E-state index in [1.165, 1.54) is 10.3 Å². The maximum Gasteiger partial charge on any atom is 0.217 e. The van der Waals surface area contributed by atoms with E-state index in [0.717, 1.165) is 36.6 Å². The number of benzene rings is 1. The van der Waals surface area contributed by atoms with Gasteiger partial charge >= 0.3 is 0 Å². The van der Waals surface area contributed by atoms with Gasteiger partial charge in [0.2, 0.25) is 5.91 Å². The molecular formula is C17H23N3OS. The lowest BCUT2D eigenvalue weighted by Crippen LogP contribution is -2.47. The van der Waals surface area contributed by atoms with Gasteiger partial charge < -0.3 is 10.2 Å². The minimum Gasteiger partial charge on any atom is -0.352 e. The van der Waals surface area contributed by atoms with Gasteiger partial charge in [-0.05, 0) is 30.4 Å². The molecule has 1 amide bonds. The summed E-state index contributed by atoms with van der Waals surface area (Å²) >= 11 is 1.76. The molecule has 1 aliphatic heterocycles. The molecule has 5 heteroatoms. The molecule has 0 bridgehead atoms. The second kappa shape index (κ2) is 6.24. The number of carbonyl (C=O) groups excluding carboxylic acids is 1. The van der Waals surface area contributed by atoms with Crippen LogP contribution in [-0.4, -0.2) is 30.0 Å². The number of para-hydroxylation sites is 1. The third-order valence-corrected chi connectivity index (χ3v) is 5.24. The maximum atomic E-state index is 11.3. The highest BCUT2D eigenvalue weighted by atomic mass is 32.1. The molecule has 0 saturated carbocycles. The SMILES string of the molecule is CC(=O)NC1CCCN(c2nc3c(C(C)C)cccc3s2)C1. The monoisotopic (exact) mass is 317 g/mol. The Balaban J connectivity index is 1.87. The van der Waals surface area contributed by atoms with Crippen LogP contribution in [0.5, 0.6) is 0 Å². The summed E-state index contributed by atoms with van der Waals surface area (Å²) in [5.41, 5.74) is 2.45. The molecule has 118 valence electrons. The van der Waals surface area contributed by atoms with Crippen molar-refractivity contribution in [2.24, 2.45) is 0 Å². The van der Waals surface area contributed by atoms with E-state index in [9.17, 15) is 4.79 Å². The summed E-state index contributed by atoms with van der Waals surface area (Å²) in [4.78, 5) is 18.5. The first-order valence-electron chi connectivity index (χ1n) is 7.96. The van der Waals surface area contributed by atoms with Crippen molar-refractivity contribution in [2.45, 2.75) is 45.6 Å². The topological polar surface area (TPSA) is 45.2 Å². The Morgan fingerprint density at radius 1 is 1.45 bits per heavy atom. The standard InChI is InChI=1S/C17H23N3OS/c1-11(2)14-7-4-8-15-16(14)19-17(22-15)20-9-5-6-13(10-20)18-12(3)21/h4,7-8,11,13H,5-6,9-10H2,1-3H3,(H,18,21). The normalized spacial score (nSPS) is 18.9. The molecule has 2 heterocycles. The molecule has 1 aliphatic rings. The van der Waals surface area contributed by atoms with Crippen LogP contribution in [0.15, 0.2) is 18.2 Å². The number of carbonyl (C=O) groups is 1. The summed E-state index contributed by atoms with van der Waals surface area (Å²) in [6.07, 6.45) is 2.15. The van der Waals surface area contributed by atoms with E-state index in [1.807, 2.05) is 0 Å². The first-order valence-corrected chi connectivity index (χ1v) is 8.77. The Kier molecular flexibility index (Phi) is 4.34. The van der Waals surface area contributed by atoms with Gasteiger partial charge in [-0.3, -0.25) is 4.79 Å². The van der Waals surface area contributed by atoms with E-state index in [0.29, 0.717) is 5.92 Å². The number of piperidine rings is 1. The van der Waals surface area contributed by atoms with Crippen molar-refractivity contribution in [1.82, 2.24) is 10.3 Å². The fourth-order valence-electron chi connectivity index (χ4n) is 3.12. The van der Waals surface area contributed by atoms with Gasteiger partial charge in [0.25, 0.3) is 0 Å². The highest BCUT2D eigenvalue weighted by Crippen LogP contribution is 2.34. The Morgan fingerprint density at radius 3 is 3.00 bits per heavy atom. The second-order valence-corrected chi connectivity index (χ2v) is 7.34. The largest absolute Gasteiger partial charge is 0.352 e. The Labute approximate surface area is 135 Å². The third kappa shape index (κ3) is 3.09. The van der Waals surface area contributed by atoms with Gasteiger partial charge in [-0.15, -0.1) is 0 Å². The first-order chi connectivity index (χ1) is 10.5.